The van der Waals surface area contributed by atoms with Gasteiger partial charge >= 0.3 is 0 Å². The molecule has 3 aliphatic heterocycles. The highest BCUT2D eigenvalue weighted by atomic mass is 16.5. The van der Waals surface area contributed by atoms with Crippen LogP contribution in [0.15, 0.2) is 55.1 Å². The van der Waals surface area contributed by atoms with Crippen LogP contribution in [-0.4, -0.2) is 68.2 Å². The first-order valence-electron chi connectivity index (χ1n) is 10.3. The molecule has 1 spiro atoms. The van der Waals surface area contributed by atoms with E-state index in [1.165, 1.54) is 0 Å². The number of carbonyl (C=O) groups is 2. The predicted molar refractivity (Wildman–Crippen MR) is 108 cm³/mol. The van der Waals surface area contributed by atoms with E-state index >= 15 is 0 Å². The number of nitrogens with zero attached hydrogens (tertiary/aromatic N) is 5. The van der Waals surface area contributed by atoms with E-state index in [0.717, 1.165) is 18.5 Å². The third kappa shape index (κ3) is 3.11. The van der Waals surface area contributed by atoms with Crippen LogP contribution < -0.4 is 0 Å². The van der Waals surface area contributed by atoms with Crippen molar-refractivity contribution in [1.29, 1.82) is 0 Å². The normalized spacial score (nSPS) is 28.9. The number of hydrogen-bond acceptors (Lipinski definition) is 5. The zero-order chi connectivity index (χ0) is 20.7. The Morgan fingerprint density at radius 1 is 1.37 bits per heavy atom. The molecular formula is C22H25N5O3. The third-order valence-electron chi connectivity index (χ3n) is 6.38. The Bertz CT molecular complexity index is 960. The summed E-state index contributed by atoms with van der Waals surface area (Å²) in [4.78, 5) is 34.2. The molecule has 8 heteroatoms. The Kier molecular flexibility index (Phi) is 4.66. The van der Waals surface area contributed by atoms with Crippen molar-refractivity contribution in [2.24, 2.45) is 11.8 Å². The molecule has 2 amide bonds. The van der Waals surface area contributed by atoms with Gasteiger partial charge in [-0.05, 0) is 24.1 Å². The summed E-state index contributed by atoms with van der Waals surface area (Å²) in [5.74, 6) is -0.941. The van der Waals surface area contributed by atoms with Gasteiger partial charge in [0, 0.05) is 51.5 Å². The second-order valence-corrected chi connectivity index (χ2v) is 8.34. The number of fused-ring (bicyclic) bond motifs is 1. The van der Waals surface area contributed by atoms with Gasteiger partial charge in [0.1, 0.15) is 5.60 Å². The van der Waals surface area contributed by atoms with Gasteiger partial charge in [-0.1, -0.05) is 18.2 Å². The van der Waals surface area contributed by atoms with Gasteiger partial charge in [0.05, 0.1) is 24.5 Å². The highest BCUT2D eigenvalue weighted by Gasteiger charge is 2.67. The van der Waals surface area contributed by atoms with Crippen LogP contribution in [0.5, 0.6) is 0 Å². The first-order valence-corrected chi connectivity index (χ1v) is 10.3. The van der Waals surface area contributed by atoms with Crippen LogP contribution in [-0.2, 0) is 27.4 Å². The molecule has 0 aromatic carbocycles. The maximum absolute atomic E-state index is 13.3. The molecule has 0 radical (unpaired) electrons. The van der Waals surface area contributed by atoms with E-state index in [1.807, 2.05) is 41.2 Å². The van der Waals surface area contributed by atoms with Crippen LogP contribution in [0.2, 0.25) is 0 Å². The lowest BCUT2D eigenvalue weighted by Crippen LogP contribution is -2.45. The molecule has 2 aromatic rings. The Hall–Kier alpha value is -3.00. The van der Waals surface area contributed by atoms with Gasteiger partial charge in [0.25, 0.3) is 0 Å². The molecule has 4 atom stereocenters. The first kappa shape index (κ1) is 19.0. The fraction of sp³-hybridized carbons (Fsp3) is 0.455. The number of ether oxygens (including phenoxy) is 1. The highest BCUT2D eigenvalue weighted by Crippen LogP contribution is 2.52. The van der Waals surface area contributed by atoms with Gasteiger partial charge in [0.2, 0.25) is 11.8 Å². The quantitative estimate of drug-likeness (QED) is 0.643. The van der Waals surface area contributed by atoms with E-state index in [4.69, 9.17) is 4.74 Å². The van der Waals surface area contributed by atoms with Crippen LogP contribution in [0.1, 0.15) is 12.0 Å². The third-order valence-corrected chi connectivity index (χ3v) is 6.38. The molecule has 8 nitrogen and oxygen atoms in total. The van der Waals surface area contributed by atoms with Gasteiger partial charge in [-0.15, -0.1) is 0 Å². The largest absolute Gasteiger partial charge is 0.360 e. The molecule has 2 saturated heterocycles. The first-order chi connectivity index (χ1) is 14.6. The Morgan fingerprint density at radius 3 is 3.03 bits per heavy atom. The molecule has 5 heterocycles. The van der Waals surface area contributed by atoms with E-state index in [1.54, 1.807) is 35.4 Å². The molecule has 2 bridgehead atoms. The van der Waals surface area contributed by atoms with Crippen molar-refractivity contribution in [2.75, 3.05) is 20.1 Å². The highest BCUT2D eigenvalue weighted by molar-refractivity contribution is 5.93. The van der Waals surface area contributed by atoms with E-state index in [9.17, 15) is 9.59 Å². The maximum atomic E-state index is 13.3. The molecule has 5 rings (SSSR count). The molecular weight excluding hydrogens is 382 g/mol. The summed E-state index contributed by atoms with van der Waals surface area (Å²) >= 11 is 0. The van der Waals surface area contributed by atoms with Gasteiger partial charge in [0.15, 0.2) is 0 Å². The predicted octanol–water partition coefficient (Wildman–Crippen LogP) is 1.11. The molecule has 2 aromatic heterocycles. The fourth-order valence-electron chi connectivity index (χ4n) is 4.97. The number of aryl methyl sites for hydroxylation is 1. The lowest BCUT2D eigenvalue weighted by Gasteiger charge is -2.27. The van der Waals surface area contributed by atoms with Gasteiger partial charge in [-0.3, -0.25) is 19.3 Å². The van der Waals surface area contributed by atoms with Crippen LogP contribution in [0, 0.1) is 11.8 Å². The number of carbonyl (C=O) groups excluding carboxylic acids is 2. The summed E-state index contributed by atoms with van der Waals surface area (Å²) in [5.41, 5.74) is 0.291. The Morgan fingerprint density at radius 2 is 2.27 bits per heavy atom. The van der Waals surface area contributed by atoms with E-state index in [2.05, 4.69) is 10.1 Å². The smallest absolute Gasteiger partial charge is 0.230 e. The summed E-state index contributed by atoms with van der Waals surface area (Å²) in [7, 11) is 1.81. The number of rotatable bonds is 7. The minimum atomic E-state index is -0.680. The number of hydrogen-bond donors (Lipinski definition) is 0. The minimum absolute atomic E-state index is 0.00556. The van der Waals surface area contributed by atoms with E-state index in [-0.39, 0.29) is 17.9 Å². The zero-order valence-electron chi connectivity index (χ0n) is 16.9. The zero-order valence-corrected chi connectivity index (χ0v) is 16.9. The van der Waals surface area contributed by atoms with Gasteiger partial charge in [-0.2, -0.15) is 5.10 Å². The lowest BCUT2D eigenvalue weighted by atomic mass is 9.76. The average molecular weight is 407 g/mol. The number of pyridine rings is 1. The van der Waals surface area contributed by atoms with Crippen molar-refractivity contribution >= 4 is 11.8 Å². The van der Waals surface area contributed by atoms with Crippen molar-refractivity contribution in [1.82, 2.24) is 24.6 Å². The summed E-state index contributed by atoms with van der Waals surface area (Å²) in [5, 5.41) is 4.19. The second-order valence-electron chi connectivity index (χ2n) is 8.34. The number of likely N-dealkylation sites (tertiary alicyclic amines) is 1. The van der Waals surface area contributed by atoms with Crippen molar-refractivity contribution in [3.8, 4) is 0 Å². The second kappa shape index (κ2) is 7.36. The Labute approximate surface area is 175 Å². The van der Waals surface area contributed by atoms with Crippen molar-refractivity contribution < 1.29 is 14.3 Å². The molecule has 30 heavy (non-hydrogen) atoms. The van der Waals surface area contributed by atoms with Gasteiger partial charge in [-0.25, -0.2) is 0 Å². The summed E-state index contributed by atoms with van der Waals surface area (Å²) in [6.45, 7) is 2.32. The van der Waals surface area contributed by atoms with Crippen molar-refractivity contribution in [2.45, 2.75) is 31.2 Å². The molecule has 156 valence electrons. The minimum Gasteiger partial charge on any atom is -0.360 e. The molecule has 2 unspecified atom stereocenters. The van der Waals surface area contributed by atoms with Crippen LogP contribution >= 0.6 is 0 Å². The van der Waals surface area contributed by atoms with Crippen LogP contribution in [0.4, 0.5) is 0 Å². The molecule has 3 aliphatic rings. The van der Waals surface area contributed by atoms with Crippen molar-refractivity contribution in [3.63, 3.8) is 0 Å². The Balaban J connectivity index is 1.27. The molecule has 0 saturated carbocycles. The monoisotopic (exact) mass is 407 g/mol. The van der Waals surface area contributed by atoms with Crippen molar-refractivity contribution in [3.05, 3.63) is 60.7 Å². The van der Waals surface area contributed by atoms with E-state index < -0.39 is 17.4 Å². The summed E-state index contributed by atoms with van der Waals surface area (Å²) in [6, 6.07) is 5.70. The standard InChI is InChI=1S/C22H25N5O3/c1-25(10-4-12-27-11-3-9-24-27)20(28)18-17-6-7-22(30-17)15-26(21(29)19(18)22)14-16-5-2-8-23-13-16/h2-3,5-9,11,13,17-19H,4,10,12,14-15H2,1H3/t17-,18?,19?,22-/m0/s1. The number of aromatic nitrogens is 3. The molecule has 0 N–H and O–H groups in total. The summed E-state index contributed by atoms with van der Waals surface area (Å²) < 4.78 is 8.07. The summed E-state index contributed by atoms with van der Waals surface area (Å²) in [6.07, 6.45) is 11.6. The number of amides is 2. The molecule has 0 aliphatic carbocycles. The topological polar surface area (TPSA) is 80.6 Å². The average Bonchev–Trinajstić information content (AvgIpc) is 3.51. The van der Waals surface area contributed by atoms with E-state index in [0.29, 0.717) is 19.6 Å². The SMILES string of the molecule is CN(CCCn1cccn1)C(=O)C1C2C(=O)N(Cc3cccnc3)C[C@@]23C=C[C@@H]1O3. The lowest BCUT2D eigenvalue weighted by molar-refractivity contribution is -0.142. The van der Waals surface area contributed by atoms with Crippen LogP contribution in [0.25, 0.3) is 0 Å². The van der Waals surface area contributed by atoms with Gasteiger partial charge < -0.3 is 14.5 Å². The maximum Gasteiger partial charge on any atom is 0.230 e. The fourth-order valence-corrected chi connectivity index (χ4v) is 4.97. The molecule has 2 fully saturated rings. The van der Waals surface area contributed by atoms with Crippen LogP contribution in [0.3, 0.4) is 0 Å².